The van der Waals surface area contributed by atoms with Crippen LogP contribution in [-0.4, -0.2) is 46.2 Å². The molecule has 1 atom stereocenters. The molecule has 0 aliphatic heterocycles. The number of hydrogen-bond donors (Lipinski definition) is 1. The van der Waals surface area contributed by atoms with E-state index in [4.69, 9.17) is 4.74 Å². The molecule has 0 radical (unpaired) electrons. The highest BCUT2D eigenvalue weighted by molar-refractivity contribution is 7.10. The molecule has 1 aliphatic rings. The van der Waals surface area contributed by atoms with E-state index in [9.17, 15) is 9.59 Å². The van der Waals surface area contributed by atoms with E-state index in [1.807, 2.05) is 75.4 Å². The largest absolute Gasteiger partial charge is 0.448 e. The van der Waals surface area contributed by atoms with Crippen LogP contribution in [0, 0.1) is 5.41 Å². The number of anilines is 1. The van der Waals surface area contributed by atoms with Crippen molar-refractivity contribution in [1.29, 1.82) is 0 Å². The van der Waals surface area contributed by atoms with Gasteiger partial charge in [0.15, 0.2) is 0 Å². The molecule has 0 saturated heterocycles. The van der Waals surface area contributed by atoms with E-state index < -0.39 is 17.6 Å². The summed E-state index contributed by atoms with van der Waals surface area (Å²) in [6, 6.07) is 25.2. The molecule has 0 bridgehead atoms. The Labute approximate surface area is 226 Å². The van der Waals surface area contributed by atoms with Crippen LogP contribution in [0.5, 0.6) is 0 Å². The Kier molecular flexibility index (Phi) is 6.99. The maximum Gasteiger partial charge on any atom is 0.410 e. The zero-order valence-corrected chi connectivity index (χ0v) is 22.7. The van der Waals surface area contributed by atoms with E-state index in [-0.39, 0.29) is 18.4 Å². The number of fused-ring (bicyclic) bond motifs is 3. The maximum absolute atomic E-state index is 13.6. The van der Waals surface area contributed by atoms with E-state index >= 15 is 0 Å². The van der Waals surface area contributed by atoms with Gasteiger partial charge in [-0.3, -0.25) is 9.69 Å². The number of ether oxygens (including phenoxy) is 1. The van der Waals surface area contributed by atoms with Crippen molar-refractivity contribution in [1.82, 2.24) is 14.5 Å². The van der Waals surface area contributed by atoms with E-state index in [1.165, 1.54) is 4.90 Å². The second-order valence-corrected chi connectivity index (χ2v) is 11.2. The molecular formula is C30H30N4O3S. The third kappa shape index (κ3) is 4.91. The van der Waals surface area contributed by atoms with Gasteiger partial charge in [0.05, 0.1) is 0 Å². The molecule has 8 heteroatoms. The predicted octanol–water partition coefficient (Wildman–Crippen LogP) is 6.44. The first-order valence-corrected chi connectivity index (χ1v) is 13.3. The minimum Gasteiger partial charge on any atom is -0.448 e. The fourth-order valence-corrected chi connectivity index (χ4v) is 5.78. The van der Waals surface area contributed by atoms with Crippen LogP contribution < -0.4 is 5.32 Å². The number of benzene rings is 3. The number of rotatable bonds is 6. The van der Waals surface area contributed by atoms with Gasteiger partial charge in [-0.05, 0) is 27.7 Å². The summed E-state index contributed by atoms with van der Waals surface area (Å²) in [6.07, 6.45) is -0.548. The van der Waals surface area contributed by atoms with Gasteiger partial charge in [-0.15, -0.1) is 5.10 Å². The number of nitrogens with zero attached hydrogens (tertiary/aromatic N) is 3. The lowest BCUT2D eigenvalue weighted by Crippen LogP contribution is -2.52. The lowest BCUT2D eigenvalue weighted by Gasteiger charge is -2.36. The highest BCUT2D eigenvalue weighted by Gasteiger charge is 2.39. The first-order chi connectivity index (χ1) is 18.3. The van der Waals surface area contributed by atoms with Crippen LogP contribution in [0.2, 0.25) is 0 Å². The Morgan fingerprint density at radius 3 is 2.13 bits per heavy atom. The predicted molar refractivity (Wildman–Crippen MR) is 150 cm³/mol. The molecule has 2 amide bonds. The molecule has 0 saturated carbocycles. The summed E-state index contributed by atoms with van der Waals surface area (Å²) in [7, 11) is 1.61. The number of aromatic nitrogens is 2. The average Bonchev–Trinajstić information content (AvgIpc) is 3.49. The summed E-state index contributed by atoms with van der Waals surface area (Å²) in [5.74, 6) is -0.380. The molecule has 38 heavy (non-hydrogen) atoms. The van der Waals surface area contributed by atoms with Crippen LogP contribution >= 0.6 is 11.5 Å². The summed E-state index contributed by atoms with van der Waals surface area (Å²) < 4.78 is 9.88. The van der Waals surface area contributed by atoms with E-state index in [1.54, 1.807) is 7.05 Å². The molecular weight excluding hydrogens is 496 g/mol. The molecule has 5 rings (SSSR count). The number of carbonyl (C=O) groups is 2. The van der Waals surface area contributed by atoms with Crippen molar-refractivity contribution in [3.63, 3.8) is 0 Å². The van der Waals surface area contributed by atoms with Crippen LogP contribution in [0.4, 0.5) is 9.80 Å². The molecule has 1 aliphatic carbocycles. The van der Waals surface area contributed by atoms with Gasteiger partial charge >= 0.3 is 6.09 Å². The van der Waals surface area contributed by atoms with Crippen molar-refractivity contribution in [3.05, 3.63) is 90.0 Å². The van der Waals surface area contributed by atoms with Gasteiger partial charge in [-0.2, -0.15) is 0 Å². The molecule has 0 fully saturated rings. The molecule has 0 spiro atoms. The number of carbonyl (C=O) groups excluding carboxylic acids is 2. The third-order valence-electron chi connectivity index (χ3n) is 6.85. The fourth-order valence-electron chi connectivity index (χ4n) is 5.19. The molecule has 194 valence electrons. The Bertz CT molecular complexity index is 1420. The lowest BCUT2D eigenvalue weighted by atomic mass is 9.85. The maximum atomic E-state index is 13.6. The van der Waals surface area contributed by atoms with Gasteiger partial charge in [0.25, 0.3) is 0 Å². The highest BCUT2D eigenvalue weighted by atomic mass is 32.1. The molecule has 1 heterocycles. The van der Waals surface area contributed by atoms with Gasteiger partial charge < -0.3 is 10.1 Å². The molecule has 4 aromatic rings. The monoisotopic (exact) mass is 526 g/mol. The van der Waals surface area contributed by atoms with Crippen molar-refractivity contribution < 1.29 is 14.3 Å². The third-order valence-corrected chi connectivity index (χ3v) is 7.49. The Hall–Kier alpha value is -4.04. The summed E-state index contributed by atoms with van der Waals surface area (Å²) in [6.45, 7) is 5.96. The zero-order chi connectivity index (χ0) is 26.9. The van der Waals surface area contributed by atoms with E-state index in [0.717, 1.165) is 39.3 Å². The molecule has 1 N–H and O–H groups in total. The first-order valence-electron chi connectivity index (χ1n) is 12.5. The van der Waals surface area contributed by atoms with E-state index in [0.29, 0.717) is 10.7 Å². The minimum atomic E-state index is -0.788. The van der Waals surface area contributed by atoms with Crippen molar-refractivity contribution in [2.24, 2.45) is 5.41 Å². The lowest BCUT2D eigenvalue weighted by molar-refractivity contribution is -0.123. The first kappa shape index (κ1) is 25.6. The molecule has 3 aromatic carbocycles. The average molecular weight is 527 g/mol. The van der Waals surface area contributed by atoms with Crippen molar-refractivity contribution in [2.75, 3.05) is 19.0 Å². The number of likely N-dealkylation sites (N-methyl/N-ethyl adjacent to an activating group) is 1. The smallest absolute Gasteiger partial charge is 0.410 e. The number of nitrogens with one attached hydrogen (secondary N) is 1. The quantitative estimate of drug-likeness (QED) is 0.313. The van der Waals surface area contributed by atoms with Crippen LogP contribution in [0.25, 0.3) is 22.4 Å². The normalized spacial score (nSPS) is 13.4. The molecule has 0 unspecified atom stereocenters. The minimum absolute atomic E-state index is 0.0571. The summed E-state index contributed by atoms with van der Waals surface area (Å²) >= 11 is 1.11. The molecule has 1 aromatic heterocycles. The second-order valence-electron chi connectivity index (χ2n) is 10.5. The SMILES string of the molecule is CN(C(=O)OCC1c2ccccc2-c2ccccc21)[C@H](C(=O)Nc1snnc1-c1ccccc1)C(C)(C)C. The summed E-state index contributed by atoms with van der Waals surface area (Å²) in [4.78, 5) is 28.3. The van der Waals surface area contributed by atoms with Crippen molar-refractivity contribution >= 4 is 28.5 Å². The standard InChI is InChI=1S/C30H30N4O3S/c1-30(2,3)26(27(35)31-28-25(32-33-38-28)19-12-6-5-7-13-19)34(4)29(36)37-18-24-22-16-10-8-14-20(22)21-15-9-11-17-23(21)24/h5-17,24,26H,18H2,1-4H3,(H,31,35)/t26-/m1/s1. The van der Waals surface area contributed by atoms with Crippen molar-refractivity contribution in [2.45, 2.75) is 32.7 Å². The van der Waals surface area contributed by atoms with Crippen LogP contribution in [0.1, 0.15) is 37.8 Å². The van der Waals surface area contributed by atoms with Crippen LogP contribution in [-0.2, 0) is 9.53 Å². The van der Waals surface area contributed by atoms with Gasteiger partial charge in [0, 0.05) is 30.1 Å². The summed E-state index contributed by atoms with van der Waals surface area (Å²) in [5, 5.41) is 7.70. The van der Waals surface area contributed by atoms with Gasteiger partial charge in [-0.1, -0.05) is 104 Å². The van der Waals surface area contributed by atoms with Gasteiger partial charge in [0.1, 0.15) is 23.3 Å². The number of hydrogen-bond acceptors (Lipinski definition) is 6. The highest BCUT2D eigenvalue weighted by Crippen LogP contribution is 2.44. The van der Waals surface area contributed by atoms with E-state index in [2.05, 4.69) is 39.2 Å². The second kappa shape index (κ2) is 10.4. The van der Waals surface area contributed by atoms with Crippen molar-refractivity contribution in [3.8, 4) is 22.4 Å². The Morgan fingerprint density at radius 1 is 0.947 bits per heavy atom. The van der Waals surface area contributed by atoms with Crippen LogP contribution in [0.15, 0.2) is 78.9 Å². The van der Waals surface area contributed by atoms with Gasteiger partial charge in [-0.25, -0.2) is 4.79 Å². The summed E-state index contributed by atoms with van der Waals surface area (Å²) in [5.41, 5.74) is 5.50. The molecule has 7 nitrogen and oxygen atoms in total. The Balaban J connectivity index is 1.32. The number of amides is 2. The topological polar surface area (TPSA) is 84.4 Å². The van der Waals surface area contributed by atoms with Gasteiger partial charge in [0.2, 0.25) is 5.91 Å². The van der Waals surface area contributed by atoms with Crippen LogP contribution in [0.3, 0.4) is 0 Å². The Morgan fingerprint density at radius 2 is 1.53 bits per heavy atom. The fraction of sp³-hybridized carbons (Fsp3) is 0.267. The zero-order valence-electron chi connectivity index (χ0n) is 21.8.